The summed E-state index contributed by atoms with van der Waals surface area (Å²) in [5, 5.41) is 2.99. The number of nitrogen functional groups attached to an aromatic ring is 1. The molecular formula is C10H15ClN2O2. The molecule has 0 heterocycles. The smallest absolute Gasteiger partial charge is 0.327 e. The second-order valence-corrected chi connectivity index (χ2v) is 3.01. The van der Waals surface area contributed by atoms with Crippen molar-refractivity contribution in [3.8, 4) is 0 Å². The maximum Gasteiger partial charge on any atom is 0.327 e. The molecule has 0 aromatic heterocycles. The number of halogens is 1. The third-order valence-electron chi connectivity index (χ3n) is 1.85. The number of nitrogens with two attached hydrogens (primary N) is 1. The number of benzene rings is 1. The van der Waals surface area contributed by atoms with Crippen LogP contribution in [0.5, 0.6) is 0 Å². The lowest BCUT2D eigenvalue weighted by atomic mass is 10.2. The minimum Gasteiger partial charge on any atom is -0.467 e. The van der Waals surface area contributed by atoms with Crippen LogP contribution in [0.4, 0.5) is 11.4 Å². The van der Waals surface area contributed by atoms with Crippen molar-refractivity contribution >= 4 is 29.8 Å². The van der Waals surface area contributed by atoms with Crippen molar-refractivity contribution < 1.29 is 9.53 Å². The highest BCUT2D eigenvalue weighted by molar-refractivity contribution is 5.85. The van der Waals surface area contributed by atoms with Gasteiger partial charge in [0.1, 0.15) is 6.04 Å². The van der Waals surface area contributed by atoms with Gasteiger partial charge in [0.25, 0.3) is 0 Å². The molecule has 0 aliphatic heterocycles. The molecule has 0 amide bonds. The SMILES string of the molecule is COC(=O)[C@H](C)Nc1ccc(N)cc1.Cl. The van der Waals surface area contributed by atoms with Crippen molar-refractivity contribution in [1.82, 2.24) is 0 Å². The first-order chi connectivity index (χ1) is 6.63. The summed E-state index contributed by atoms with van der Waals surface area (Å²) in [4.78, 5) is 11.1. The van der Waals surface area contributed by atoms with Gasteiger partial charge in [-0.25, -0.2) is 4.79 Å². The van der Waals surface area contributed by atoms with Crippen LogP contribution in [-0.4, -0.2) is 19.1 Å². The van der Waals surface area contributed by atoms with Gasteiger partial charge in [-0.2, -0.15) is 0 Å². The van der Waals surface area contributed by atoms with E-state index in [2.05, 4.69) is 10.1 Å². The van der Waals surface area contributed by atoms with Crippen LogP contribution in [0.15, 0.2) is 24.3 Å². The molecule has 5 heteroatoms. The fourth-order valence-corrected chi connectivity index (χ4v) is 1.07. The Bertz CT molecular complexity index is 314. The lowest BCUT2D eigenvalue weighted by Gasteiger charge is -2.12. The Balaban J connectivity index is 0.00000196. The minimum atomic E-state index is -0.358. The van der Waals surface area contributed by atoms with Crippen molar-refractivity contribution in [3.05, 3.63) is 24.3 Å². The summed E-state index contributed by atoms with van der Waals surface area (Å²) in [6, 6.07) is 6.81. The summed E-state index contributed by atoms with van der Waals surface area (Å²) >= 11 is 0. The third kappa shape index (κ3) is 4.08. The number of hydrogen-bond donors (Lipinski definition) is 2. The van der Waals surface area contributed by atoms with Gasteiger partial charge < -0.3 is 15.8 Å². The molecule has 0 spiro atoms. The van der Waals surface area contributed by atoms with Crippen molar-refractivity contribution in [3.63, 3.8) is 0 Å². The van der Waals surface area contributed by atoms with E-state index in [-0.39, 0.29) is 24.4 Å². The first-order valence-electron chi connectivity index (χ1n) is 4.33. The number of carbonyl (C=O) groups excluding carboxylic acids is 1. The maximum atomic E-state index is 11.1. The molecule has 15 heavy (non-hydrogen) atoms. The van der Waals surface area contributed by atoms with Crippen molar-refractivity contribution in [2.24, 2.45) is 0 Å². The zero-order chi connectivity index (χ0) is 10.6. The van der Waals surface area contributed by atoms with Crippen LogP contribution >= 0.6 is 12.4 Å². The number of hydrogen-bond acceptors (Lipinski definition) is 4. The molecule has 1 atom stereocenters. The summed E-state index contributed by atoms with van der Waals surface area (Å²) in [7, 11) is 1.36. The summed E-state index contributed by atoms with van der Waals surface area (Å²) in [6.07, 6.45) is 0. The van der Waals surface area contributed by atoms with Gasteiger partial charge in [-0.3, -0.25) is 0 Å². The average molecular weight is 231 g/mol. The lowest BCUT2D eigenvalue weighted by Crippen LogP contribution is -2.27. The number of esters is 1. The molecule has 0 unspecified atom stereocenters. The highest BCUT2D eigenvalue weighted by Crippen LogP contribution is 2.11. The molecule has 0 aliphatic carbocycles. The van der Waals surface area contributed by atoms with E-state index in [1.165, 1.54) is 7.11 Å². The molecule has 3 N–H and O–H groups in total. The molecule has 84 valence electrons. The van der Waals surface area contributed by atoms with Crippen molar-refractivity contribution in [1.29, 1.82) is 0 Å². The first kappa shape index (κ1) is 13.6. The largest absolute Gasteiger partial charge is 0.467 e. The van der Waals surface area contributed by atoms with Crippen LogP contribution < -0.4 is 11.1 Å². The Morgan fingerprint density at radius 1 is 1.40 bits per heavy atom. The fraction of sp³-hybridized carbons (Fsp3) is 0.300. The molecule has 1 rings (SSSR count). The van der Waals surface area contributed by atoms with E-state index >= 15 is 0 Å². The second kappa shape index (κ2) is 6.14. The van der Waals surface area contributed by atoms with Gasteiger partial charge in [0, 0.05) is 11.4 Å². The van der Waals surface area contributed by atoms with Crippen LogP contribution in [-0.2, 0) is 9.53 Å². The van der Waals surface area contributed by atoms with E-state index < -0.39 is 0 Å². The number of anilines is 2. The maximum absolute atomic E-state index is 11.1. The van der Waals surface area contributed by atoms with Gasteiger partial charge in [-0.05, 0) is 31.2 Å². The lowest BCUT2D eigenvalue weighted by molar-refractivity contribution is -0.141. The molecule has 0 fully saturated rings. The van der Waals surface area contributed by atoms with E-state index in [0.29, 0.717) is 5.69 Å². The normalized spacial score (nSPS) is 11.1. The Hall–Kier alpha value is -1.42. The molecule has 0 radical (unpaired) electrons. The minimum absolute atomic E-state index is 0. The number of methoxy groups -OCH3 is 1. The quantitative estimate of drug-likeness (QED) is 0.612. The second-order valence-electron chi connectivity index (χ2n) is 3.01. The van der Waals surface area contributed by atoms with Gasteiger partial charge in [-0.15, -0.1) is 12.4 Å². The Morgan fingerprint density at radius 2 is 1.93 bits per heavy atom. The van der Waals surface area contributed by atoms with E-state index in [1.807, 2.05) is 12.1 Å². The van der Waals surface area contributed by atoms with Gasteiger partial charge in [0.2, 0.25) is 0 Å². The number of carbonyl (C=O) groups is 1. The molecule has 0 saturated heterocycles. The molecule has 0 saturated carbocycles. The molecule has 0 bridgehead atoms. The van der Waals surface area contributed by atoms with Crippen molar-refractivity contribution in [2.75, 3.05) is 18.2 Å². The summed E-state index contributed by atoms with van der Waals surface area (Å²) < 4.78 is 4.58. The van der Waals surface area contributed by atoms with Gasteiger partial charge in [0.05, 0.1) is 7.11 Å². The third-order valence-corrected chi connectivity index (χ3v) is 1.85. The number of ether oxygens (including phenoxy) is 1. The Labute approximate surface area is 95.2 Å². The van der Waals surface area contributed by atoms with Crippen LogP contribution in [0, 0.1) is 0 Å². The van der Waals surface area contributed by atoms with Crippen LogP contribution in [0.2, 0.25) is 0 Å². The monoisotopic (exact) mass is 230 g/mol. The number of rotatable bonds is 3. The highest BCUT2D eigenvalue weighted by atomic mass is 35.5. The van der Waals surface area contributed by atoms with Crippen LogP contribution in [0.25, 0.3) is 0 Å². The van der Waals surface area contributed by atoms with Crippen molar-refractivity contribution in [2.45, 2.75) is 13.0 Å². The van der Waals surface area contributed by atoms with Crippen LogP contribution in [0.3, 0.4) is 0 Å². The zero-order valence-corrected chi connectivity index (χ0v) is 9.51. The first-order valence-corrected chi connectivity index (χ1v) is 4.33. The topological polar surface area (TPSA) is 64.3 Å². The summed E-state index contributed by atoms with van der Waals surface area (Å²) in [5.41, 5.74) is 7.06. The molecule has 0 aliphatic rings. The van der Waals surface area contributed by atoms with E-state index in [9.17, 15) is 4.79 Å². The average Bonchev–Trinajstić information content (AvgIpc) is 2.20. The Morgan fingerprint density at radius 3 is 2.40 bits per heavy atom. The molecule has 4 nitrogen and oxygen atoms in total. The molecule has 1 aromatic carbocycles. The van der Waals surface area contributed by atoms with E-state index in [1.54, 1.807) is 19.1 Å². The summed E-state index contributed by atoms with van der Waals surface area (Å²) in [6.45, 7) is 1.74. The fourth-order valence-electron chi connectivity index (χ4n) is 1.07. The van der Waals surface area contributed by atoms with E-state index in [4.69, 9.17) is 5.73 Å². The molecular weight excluding hydrogens is 216 g/mol. The summed E-state index contributed by atoms with van der Waals surface area (Å²) in [5.74, 6) is -0.290. The van der Waals surface area contributed by atoms with Gasteiger partial charge >= 0.3 is 5.97 Å². The van der Waals surface area contributed by atoms with Crippen LogP contribution in [0.1, 0.15) is 6.92 Å². The Kier molecular flexibility index (Phi) is 5.56. The number of nitrogens with one attached hydrogen (secondary N) is 1. The predicted octanol–water partition coefficient (Wildman–Crippen LogP) is 1.66. The van der Waals surface area contributed by atoms with E-state index in [0.717, 1.165) is 5.69 Å². The van der Waals surface area contributed by atoms with Gasteiger partial charge in [-0.1, -0.05) is 0 Å². The predicted molar refractivity (Wildman–Crippen MR) is 63.2 cm³/mol. The van der Waals surface area contributed by atoms with Gasteiger partial charge in [0.15, 0.2) is 0 Å². The standard InChI is InChI=1S/C10H14N2O2.ClH/c1-7(10(13)14-2)12-9-5-3-8(11)4-6-9;/h3-7,12H,11H2,1-2H3;1H/t7-;/m0./s1. The molecule has 1 aromatic rings. The highest BCUT2D eigenvalue weighted by Gasteiger charge is 2.11. The zero-order valence-electron chi connectivity index (χ0n) is 8.69.